The molecule has 2 aromatic carbocycles. The van der Waals surface area contributed by atoms with E-state index in [0.29, 0.717) is 41.6 Å². The normalized spacial score (nSPS) is 15.9. The third-order valence-corrected chi connectivity index (χ3v) is 11.3. The highest BCUT2D eigenvalue weighted by molar-refractivity contribution is 7.22. The van der Waals surface area contributed by atoms with Gasteiger partial charge in [-0.25, -0.2) is 14.8 Å². The molecule has 1 amide bonds. The molecular weight excluding hydrogens is 637 g/mol. The molecule has 1 aliphatic carbocycles. The summed E-state index contributed by atoms with van der Waals surface area (Å²) < 4.78 is 8.56. The van der Waals surface area contributed by atoms with E-state index in [1.54, 1.807) is 13.3 Å². The van der Waals surface area contributed by atoms with Gasteiger partial charge in [-0.3, -0.25) is 14.8 Å². The zero-order chi connectivity index (χ0) is 34.0. The number of carboxylic acid groups (broad SMARTS) is 1. The van der Waals surface area contributed by atoms with Crippen LogP contribution in [0.3, 0.4) is 0 Å². The Morgan fingerprint density at radius 2 is 1.82 bits per heavy atom. The lowest BCUT2D eigenvalue weighted by molar-refractivity contribution is 0.0691. The maximum absolute atomic E-state index is 13.5. The van der Waals surface area contributed by atoms with Gasteiger partial charge in [0.1, 0.15) is 5.82 Å². The number of carboxylic acids is 1. The summed E-state index contributed by atoms with van der Waals surface area (Å²) in [4.78, 5) is 37.5. The van der Waals surface area contributed by atoms with Crippen LogP contribution in [0.2, 0.25) is 0 Å². The third-order valence-electron chi connectivity index (χ3n) is 10.3. The molecule has 254 valence electrons. The highest BCUT2D eigenvalue weighted by Gasteiger charge is 2.33. The van der Waals surface area contributed by atoms with E-state index in [1.165, 1.54) is 37.0 Å². The minimum absolute atomic E-state index is 0.00336. The number of ether oxygens (including phenoxy) is 1. The topological polar surface area (TPSA) is 122 Å². The number of amides is 1. The van der Waals surface area contributed by atoms with Gasteiger partial charge in [-0.15, -0.1) is 0 Å². The number of hydrogen-bond donors (Lipinski definition) is 2. The van der Waals surface area contributed by atoms with E-state index in [1.807, 2.05) is 55.5 Å². The number of carbonyl (C=O) groups excluding carboxylic acids is 1. The molecular formula is C38H42N6O4S. The number of anilines is 2. The first-order valence-corrected chi connectivity index (χ1v) is 17.9. The van der Waals surface area contributed by atoms with Crippen molar-refractivity contribution < 1.29 is 19.4 Å². The summed E-state index contributed by atoms with van der Waals surface area (Å²) in [5, 5.41) is 18.7. The summed E-state index contributed by atoms with van der Waals surface area (Å²) in [5.41, 5.74) is 5.83. The summed E-state index contributed by atoms with van der Waals surface area (Å²) in [6, 6.07) is 17.3. The van der Waals surface area contributed by atoms with Crippen molar-refractivity contribution in [1.29, 1.82) is 0 Å². The summed E-state index contributed by atoms with van der Waals surface area (Å²) in [7, 11) is 1.76. The highest BCUT2D eigenvalue weighted by atomic mass is 32.1. The lowest BCUT2D eigenvalue weighted by Crippen LogP contribution is -2.33. The first kappa shape index (κ1) is 32.9. The number of fused-ring (bicyclic) bond motifs is 2. The van der Waals surface area contributed by atoms with Gasteiger partial charge in [0.05, 0.1) is 16.4 Å². The zero-order valence-corrected chi connectivity index (χ0v) is 28.9. The summed E-state index contributed by atoms with van der Waals surface area (Å²) in [5.74, 6) is -0.736. The molecule has 4 heterocycles. The van der Waals surface area contributed by atoms with Crippen molar-refractivity contribution >= 4 is 44.4 Å². The molecule has 0 atom stereocenters. The molecule has 11 heteroatoms. The number of methoxy groups -OCH3 is 1. The second kappa shape index (κ2) is 14.1. The van der Waals surface area contributed by atoms with Crippen LogP contribution in [0.5, 0.6) is 0 Å². The Morgan fingerprint density at radius 3 is 2.59 bits per heavy atom. The molecule has 49 heavy (non-hydrogen) atoms. The third kappa shape index (κ3) is 6.82. The second-order valence-corrected chi connectivity index (χ2v) is 14.4. The largest absolute Gasteiger partial charge is 0.476 e. The van der Waals surface area contributed by atoms with Crippen LogP contribution in [0.15, 0.2) is 60.8 Å². The van der Waals surface area contributed by atoms with Crippen molar-refractivity contribution in [2.24, 2.45) is 5.41 Å². The molecule has 0 saturated heterocycles. The molecule has 7 rings (SSSR count). The van der Waals surface area contributed by atoms with Gasteiger partial charge < -0.3 is 14.7 Å². The smallest absolute Gasteiger partial charge is 0.355 e. The first-order chi connectivity index (χ1) is 23.8. The number of hydrogen-bond acceptors (Lipinski definition) is 8. The number of para-hydroxylation sites is 1. The zero-order valence-electron chi connectivity index (χ0n) is 28.1. The Hall–Kier alpha value is -4.61. The molecule has 2 aliphatic rings. The number of aromatic carboxylic acids is 1. The van der Waals surface area contributed by atoms with Gasteiger partial charge in [0.15, 0.2) is 10.8 Å². The van der Waals surface area contributed by atoms with Crippen molar-refractivity contribution in [1.82, 2.24) is 19.7 Å². The molecule has 0 spiro atoms. The number of pyridine rings is 1. The molecule has 0 bridgehead atoms. The summed E-state index contributed by atoms with van der Waals surface area (Å²) >= 11 is 1.44. The Labute approximate surface area is 290 Å². The summed E-state index contributed by atoms with van der Waals surface area (Å²) in [6.07, 6.45) is 10.7. The number of benzene rings is 2. The van der Waals surface area contributed by atoms with Crippen LogP contribution in [0, 0.1) is 12.3 Å². The Morgan fingerprint density at radius 1 is 1.00 bits per heavy atom. The van der Waals surface area contributed by atoms with Crippen molar-refractivity contribution in [3.05, 3.63) is 88.9 Å². The molecule has 2 N–H and O–H groups in total. The van der Waals surface area contributed by atoms with E-state index in [4.69, 9.17) is 14.8 Å². The second-order valence-electron chi connectivity index (χ2n) is 13.4. The first-order valence-electron chi connectivity index (χ1n) is 17.1. The van der Waals surface area contributed by atoms with Gasteiger partial charge in [0.2, 0.25) is 0 Å². The minimum atomic E-state index is -1.09. The van der Waals surface area contributed by atoms with E-state index < -0.39 is 5.97 Å². The van der Waals surface area contributed by atoms with Crippen LogP contribution in [0.25, 0.3) is 21.3 Å². The fourth-order valence-corrected chi connectivity index (χ4v) is 8.42. The molecule has 0 unspecified atom stereocenters. The number of thiazole rings is 1. The van der Waals surface area contributed by atoms with Crippen LogP contribution < -0.4 is 10.2 Å². The average molecular weight is 679 g/mol. The van der Waals surface area contributed by atoms with Crippen LogP contribution >= 0.6 is 11.3 Å². The van der Waals surface area contributed by atoms with Crippen LogP contribution in [0.1, 0.15) is 82.6 Å². The standard InChI is InChI=1S/C38H42N6O4S/c1-25-29(22-39-44(25)24-38(19-21-48-2)17-7-3-4-8-18-38)27-14-15-33(41-34(27)36(46)47)43-20-16-26-10-9-11-28(30(26)23-43)35(45)42-37-40-31-12-5-6-13-32(31)49-37/h5-6,9-15,22H,3-4,7-8,16-21,23-24H2,1-2H3,(H,46,47)(H,40,42,45). The van der Waals surface area contributed by atoms with E-state index in [2.05, 4.69) is 25.9 Å². The quantitative estimate of drug-likeness (QED) is 0.144. The number of rotatable bonds is 10. The van der Waals surface area contributed by atoms with E-state index in [9.17, 15) is 14.7 Å². The van der Waals surface area contributed by atoms with E-state index in [-0.39, 0.29) is 17.0 Å². The minimum Gasteiger partial charge on any atom is -0.476 e. The monoisotopic (exact) mass is 678 g/mol. The predicted octanol–water partition coefficient (Wildman–Crippen LogP) is 7.75. The Balaban J connectivity index is 1.13. The van der Waals surface area contributed by atoms with Gasteiger partial charge >= 0.3 is 5.97 Å². The molecule has 3 aromatic heterocycles. The maximum Gasteiger partial charge on any atom is 0.355 e. The van der Waals surface area contributed by atoms with Gasteiger partial charge in [-0.1, -0.05) is 61.3 Å². The fraction of sp³-hybridized carbons (Fsp3) is 0.395. The van der Waals surface area contributed by atoms with Crippen molar-refractivity contribution in [2.75, 3.05) is 30.5 Å². The van der Waals surface area contributed by atoms with Gasteiger partial charge in [0, 0.05) is 55.7 Å². The van der Waals surface area contributed by atoms with Crippen LogP contribution in [-0.2, 0) is 24.2 Å². The SMILES string of the molecule is COCCC1(Cn2ncc(-c3ccc(N4CCc5cccc(C(=O)Nc6nc7ccccc7s6)c5C4)nc3C(=O)O)c2C)CCCCCC1. The maximum atomic E-state index is 13.5. The molecule has 1 aliphatic heterocycles. The molecule has 5 aromatic rings. The van der Waals surface area contributed by atoms with Crippen molar-refractivity contribution in [2.45, 2.75) is 71.4 Å². The predicted molar refractivity (Wildman–Crippen MR) is 193 cm³/mol. The van der Waals surface area contributed by atoms with Crippen LogP contribution in [0.4, 0.5) is 10.9 Å². The molecule has 10 nitrogen and oxygen atoms in total. The Bertz CT molecular complexity index is 1960. The molecule has 1 fully saturated rings. The summed E-state index contributed by atoms with van der Waals surface area (Å²) in [6.45, 7) is 4.62. The van der Waals surface area contributed by atoms with Gasteiger partial charge in [-0.2, -0.15) is 5.10 Å². The molecule has 0 radical (unpaired) electrons. The lowest BCUT2D eigenvalue weighted by atomic mass is 9.77. The fourth-order valence-electron chi connectivity index (χ4n) is 7.56. The Kier molecular flexibility index (Phi) is 9.46. The van der Waals surface area contributed by atoms with Crippen molar-refractivity contribution in [3.63, 3.8) is 0 Å². The highest BCUT2D eigenvalue weighted by Crippen LogP contribution is 2.41. The number of nitrogens with one attached hydrogen (secondary N) is 1. The van der Waals surface area contributed by atoms with E-state index in [0.717, 1.165) is 65.0 Å². The number of carbonyl (C=O) groups is 2. The lowest BCUT2D eigenvalue weighted by Gasteiger charge is -2.33. The van der Waals surface area contributed by atoms with Crippen molar-refractivity contribution in [3.8, 4) is 11.1 Å². The van der Waals surface area contributed by atoms with Gasteiger partial charge in [0.25, 0.3) is 5.91 Å². The number of aromatic nitrogens is 4. The average Bonchev–Trinajstić information content (AvgIpc) is 3.60. The van der Waals surface area contributed by atoms with Crippen LogP contribution in [-0.4, -0.2) is 57.0 Å². The number of nitrogens with zero attached hydrogens (tertiary/aromatic N) is 5. The molecule has 1 saturated carbocycles. The van der Waals surface area contributed by atoms with Gasteiger partial charge in [-0.05, 0) is 79.5 Å². The van der Waals surface area contributed by atoms with E-state index >= 15 is 0 Å².